The summed E-state index contributed by atoms with van der Waals surface area (Å²) in [5.74, 6) is -0.317. The second kappa shape index (κ2) is 8.61. The summed E-state index contributed by atoms with van der Waals surface area (Å²) in [7, 11) is 1.55. The molecule has 33 heavy (non-hydrogen) atoms. The smallest absolute Gasteiger partial charge is 0.412 e. The maximum atomic E-state index is 13.2. The third-order valence-electron chi connectivity index (χ3n) is 4.94. The number of methoxy groups -OCH3 is 1. The first kappa shape index (κ1) is 22.4. The third-order valence-corrected chi connectivity index (χ3v) is 4.94. The number of fused-ring (bicyclic) bond motifs is 1. The first-order valence-electron chi connectivity index (χ1n) is 10.4. The summed E-state index contributed by atoms with van der Waals surface area (Å²) >= 11 is 0. The highest BCUT2D eigenvalue weighted by Gasteiger charge is 2.43. The van der Waals surface area contributed by atoms with Crippen LogP contribution < -0.4 is 15.4 Å². The number of carbonyl (C=O) groups is 2. The molecule has 0 radical (unpaired) electrons. The number of nitrogens with one attached hydrogen (secondary N) is 2. The fourth-order valence-corrected chi connectivity index (χ4v) is 3.31. The van der Waals surface area contributed by atoms with E-state index in [2.05, 4.69) is 25.8 Å². The maximum Gasteiger partial charge on any atom is 0.412 e. The van der Waals surface area contributed by atoms with E-state index in [9.17, 15) is 14.0 Å². The van der Waals surface area contributed by atoms with Crippen molar-refractivity contribution in [3.05, 3.63) is 36.7 Å². The number of hydrogen-bond donors (Lipinski definition) is 2. The lowest BCUT2D eigenvalue weighted by Gasteiger charge is -2.20. The molecule has 172 valence electrons. The highest BCUT2D eigenvalue weighted by Crippen LogP contribution is 2.36. The van der Waals surface area contributed by atoms with Crippen molar-refractivity contribution in [3.8, 4) is 16.9 Å². The molecular weight excluding hydrogens is 429 g/mol. The molecule has 0 saturated heterocycles. The van der Waals surface area contributed by atoms with Gasteiger partial charge in [-0.3, -0.25) is 15.1 Å². The zero-order valence-corrected chi connectivity index (χ0v) is 18.7. The first-order valence-corrected chi connectivity index (χ1v) is 10.4. The lowest BCUT2D eigenvalue weighted by atomic mass is 10.0. The number of ether oxygens (including phenoxy) is 2. The van der Waals surface area contributed by atoms with Crippen molar-refractivity contribution in [2.75, 3.05) is 17.7 Å². The van der Waals surface area contributed by atoms with Crippen molar-refractivity contribution in [2.45, 2.75) is 39.0 Å². The Hall–Kier alpha value is -3.82. The van der Waals surface area contributed by atoms with Gasteiger partial charge in [0, 0.05) is 23.3 Å². The highest BCUT2D eigenvalue weighted by atomic mass is 19.1. The molecule has 1 aliphatic carbocycles. The van der Waals surface area contributed by atoms with Gasteiger partial charge in [-0.15, -0.1) is 10.2 Å². The van der Waals surface area contributed by atoms with E-state index in [1.807, 2.05) is 6.07 Å². The number of rotatable bonds is 5. The molecule has 0 spiro atoms. The Labute approximate surface area is 189 Å². The Morgan fingerprint density at radius 2 is 1.91 bits per heavy atom. The topological polar surface area (TPSA) is 115 Å². The molecule has 2 heterocycles. The number of amides is 2. The highest BCUT2D eigenvalue weighted by molar-refractivity contribution is 6.02. The molecule has 2 amide bonds. The second-order valence-electron chi connectivity index (χ2n) is 8.74. The predicted octanol–water partition coefficient (Wildman–Crippen LogP) is 4.34. The first-order chi connectivity index (χ1) is 15.6. The average molecular weight is 453 g/mol. The van der Waals surface area contributed by atoms with Crippen molar-refractivity contribution in [1.82, 2.24) is 15.2 Å². The van der Waals surface area contributed by atoms with Crippen LogP contribution in [0.3, 0.4) is 0 Å². The summed E-state index contributed by atoms with van der Waals surface area (Å²) in [6.45, 7) is 5.29. The number of aromatic nitrogens is 3. The van der Waals surface area contributed by atoms with Gasteiger partial charge in [0.25, 0.3) is 0 Å². The Morgan fingerprint density at radius 3 is 2.58 bits per heavy atom. The number of carbonyl (C=O) groups excluding carboxylic acids is 2. The van der Waals surface area contributed by atoms with Crippen LogP contribution in [0.2, 0.25) is 0 Å². The molecule has 3 aromatic rings. The Bertz CT molecular complexity index is 1230. The van der Waals surface area contributed by atoms with Crippen LogP contribution in [0, 0.1) is 5.92 Å². The van der Waals surface area contributed by atoms with Crippen molar-refractivity contribution < 1.29 is 23.5 Å². The van der Waals surface area contributed by atoms with Crippen LogP contribution in [-0.4, -0.2) is 46.1 Å². The Kier molecular flexibility index (Phi) is 5.84. The van der Waals surface area contributed by atoms with Crippen LogP contribution in [0.4, 0.5) is 20.7 Å². The minimum Gasteiger partial charge on any atom is -0.496 e. The van der Waals surface area contributed by atoms with Gasteiger partial charge in [-0.1, -0.05) is 0 Å². The van der Waals surface area contributed by atoms with E-state index in [0.717, 1.165) is 0 Å². The number of alkyl halides is 1. The van der Waals surface area contributed by atoms with Gasteiger partial charge in [-0.05, 0) is 57.0 Å². The van der Waals surface area contributed by atoms with E-state index >= 15 is 0 Å². The van der Waals surface area contributed by atoms with E-state index in [0.29, 0.717) is 33.5 Å². The second-order valence-corrected chi connectivity index (χ2v) is 8.74. The lowest BCUT2D eigenvalue weighted by molar-refractivity contribution is -0.117. The van der Waals surface area contributed by atoms with Crippen molar-refractivity contribution in [3.63, 3.8) is 0 Å². The normalized spacial score (nSPS) is 17.4. The number of benzene rings is 1. The van der Waals surface area contributed by atoms with Crippen LogP contribution in [0.5, 0.6) is 5.75 Å². The zero-order chi connectivity index (χ0) is 23.8. The molecule has 1 fully saturated rings. The van der Waals surface area contributed by atoms with Crippen molar-refractivity contribution in [2.24, 2.45) is 5.92 Å². The van der Waals surface area contributed by atoms with Crippen molar-refractivity contribution in [1.29, 1.82) is 0 Å². The van der Waals surface area contributed by atoms with Gasteiger partial charge >= 0.3 is 6.09 Å². The minimum atomic E-state index is -1.12. The summed E-state index contributed by atoms with van der Waals surface area (Å²) in [5.41, 5.74) is 1.44. The van der Waals surface area contributed by atoms with Gasteiger partial charge in [-0.25, -0.2) is 9.18 Å². The van der Waals surface area contributed by atoms with E-state index in [1.165, 1.54) is 0 Å². The van der Waals surface area contributed by atoms with Crippen LogP contribution in [0.25, 0.3) is 22.0 Å². The van der Waals surface area contributed by atoms with Gasteiger partial charge in [0.2, 0.25) is 5.91 Å². The van der Waals surface area contributed by atoms with Crippen LogP contribution in [0.1, 0.15) is 27.2 Å². The number of nitrogens with zero attached hydrogens (tertiary/aromatic N) is 3. The minimum absolute atomic E-state index is 0.185. The van der Waals surface area contributed by atoms with E-state index in [4.69, 9.17) is 9.47 Å². The van der Waals surface area contributed by atoms with Crippen molar-refractivity contribution >= 4 is 34.4 Å². The quantitative estimate of drug-likeness (QED) is 0.590. The Morgan fingerprint density at radius 1 is 1.15 bits per heavy atom. The summed E-state index contributed by atoms with van der Waals surface area (Å²) in [5, 5.41) is 14.1. The molecule has 10 heteroatoms. The van der Waals surface area contributed by atoms with E-state index in [-0.39, 0.29) is 12.2 Å². The molecular formula is C23H24FN5O4. The Balaban J connectivity index is 1.76. The van der Waals surface area contributed by atoms with Crippen LogP contribution >= 0.6 is 0 Å². The van der Waals surface area contributed by atoms with E-state index < -0.39 is 29.7 Å². The number of pyridine rings is 1. The molecule has 1 saturated carbocycles. The predicted molar refractivity (Wildman–Crippen MR) is 121 cm³/mol. The summed E-state index contributed by atoms with van der Waals surface area (Å²) in [6, 6.07) is 6.87. The van der Waals surface area contributed by atoms with E-state index in [1.54, 1.807) is 58.5 Å². The molecule has 1 aromatic carbocycles. The van der Waals surface area contributed by atoms with Gasteiger partial charge < -0.3 is 14.8 Å². The fraction of sp³-hybridized carbons (Fsp3) is 0.348. The monoisotopic (exact) mass is 453 g/mol. The molecule has 2 aromatic heterocycles. The summed E-state index contributed by atoms with van der Waals surface area (Å²) in [6.07, 6.45) is 1.69. The molecule has 0 aliphatic heterocycles. The fourth-order valence-electron chi connectivity index (χ4n) is 3.31. The molecule has 2 N–H and O–H groups in total. The molecule has 0 bridgehead atoms. The molecule has 9 nitrogen and oxygen atoms in total. The lowest BCUT2D eigenvalue weighted by Crippen LogP contribution is -2.27. The molecule has 1 aliphatic rings. The van der Waals surface area contributed by atoms with Gasteiger partial charge in [-0.2, -0.15) is 0 Å². The number of hydrogen-bond acceptors (Lipinski definition) is 7. The zero-order valence-electron chi connectivity index (χ0n) is 18.7. The SMILES string of the molecule is COc1ccncc1-c1cc(NC(=O)OC(C)(C)C)c2nnc(NC(=O)[C@@H]3C[C@@H]3F)cc2c1. The maximum absolute atomic E-state index is 13.2. The molecule has 4 rings (SSSR count). The largest absolute Gasteiger partial charge is 0.496 e. The van der Waals surface area contributed by atoms with Gasteiger partial charge in [0.15, 0.2) is 5.82 Å². The van der Waals surface area contributed by atoms with Gasteiger partial charge in [0.1, 0.15) is 23.0 Å². The summed E-state index contributed by atoms with van der Waals surface area (Å²) < 4.78 is 24.0. The molecule has 0 unspecified atom stereocenters. The summed E-state index contributed by atoms with van der Waals surface area (Å²) in [4.78, 5) is 28.7. The van der Waals surface area contributed by atoms with Gasteiger partial charge in [0.05, 0.1) is 18.7 Å². The third kappa shape index (κ3) is 5.16. The van der Waals surface area contributed by atoms with Crippen LogP contribution in [0.15, 0.2) is 36.7 Å². The molecule has 2 atom stereocenters. The number of halogens is 1. The van der Waals surface area contributed by atoms with Crippen LogP contribution in [-0.2, 0) is 9.53 Å². The number of anilines is 2. The standard InChI is InChI=1S/C23H24FN5O4/c1-23(2,3)33-22(31)26-17-8-12(15-11-25-6-5-18(15)32-4)7-13-9-19(28-29-20(13)17)27-21(30)14-10-16(14)24/h5-9,11,14,16H,10H2,1-4H3,(H,26,31)(H,27,28,30)/t14-,16+/m1/s1. The average Bonchev–Trinajstić information content (AvgIpc) is 3.48.